The zero-order valence-corrected chi connectivity index (χ0v) is 56.9. The number of nitrogens with zero attached hydrogens (tertiary/aromatic N) is 7. The quantitative estimate of drug-likeness (QED) is 0.114. The third-order valence-corrected chi connectivity index (χ3v) is 16.3. The van der Waals surface area contributed by atoms with Gasteiger partial charge in [0.15, 0.2) is 0 Å². The molecule has 0 aromatic rings. The Morgan fingerprint density at radius 1 is 0.471 bits per heavy atom. The fourth-order valence-corrected chi connectivity index (χ4v) is 10.9. The average Bonchev–Trinajstić information content (AvgIpc) is 1.28. The summed E-state index contributed by atoms with van der Waals surface area (Å²) in [6.07, 6.45) is 2.72. The molecule has 1 aliphatic heterocycles. The van der Waals surface area contributed by atoms with Gasteiger partial charge in [0, 0.05) is 55.9 Å². The molecule has 1 aliphatic rings. The molecule has 1 rings (SSSR count). The fourth-order valence-electron chi connectivity index (χ4n) is 10.9. The first-order chi connectivity index (χ1) is 40.2. The van der Waals surface area contributed by atoms with Crippen LogP contribution in [-0.2, 0) is 52.7 Å². The minimum Gasteiger partial charge on any atom is -0.396 e. The molecule has 0 aromatic carbocycles. The molecule has 11 amide bonds. The highest BCUT2D eigenvalue weighted by Gasteiger charge is 2.46. The van der Waals surface area contributed by atoms with Gasteiger partial charge >= 0.3 is 0 Å². The van der Waals surface area contributed by atoms with E-state index in [0.717, 1.165) is 9.80 Å². The minimum absolute atomic E-state index is 0.0132. The summed E-state index contributed by atoms with van der Waals surface area (Å²) >= 11 is 0. The van der Waals surface area contributed by atoms with Crippen LogP contribution in [0.15, 0.2) is 12.2 Å². The summed E-state index contributed by atoms with van der Waals surface area (Å²) in [7, 11) is 9.78. The van der Waals surface area contributed by atoms with Crippen molar-refractivity contribution in [2.45, 2.75) is 222 Å². The number of rotatable bonds is 17. The Kier molecular flexibility index (Phi) is 32.9. The Morgan fingerprint density at radius 2 is 0.897 bits per heavy atom. The van der Waals surface area contributed by atoms with Gasteiger partial charge in [0.25, 0.3) is 0 Å². The molecule has 0 radical (unpaired) electrons. The molecule has 1 heterocycles. The Morgan fingerprint density at radius 3 is 1.36 bits per heavy atom. The zero-order valence-electron chi connectivity index (χ0n) is 56.9. The lowest BCUT2D eigenvalue weighted by molar-refractivity contribution is -0.157. The number of amides is 11. The van der Waals surface area contributed by atoms with Crippen molar-refractivity contribution in [3.8, 4) is 0 Å². The van der Waals surface area contributed by atoms with E-state index in [0.29, 0.717) is 0 Å². The maximum absolute atomic E-state index is 15.2. The molecule has 0 unspecified atom stereocenters. The molecule has 1 saturated heterocycles. The molecule has 6 N–H and O–H groups in total. The number of hydrogen-bond acceptors (Lipinski definition) is 13. The van der Waals surface area contributed by atoms with Crippen LogP contribution < -0.4 is 21.3 Å². The summed E-state index contributed by atoms with van der Waals surface area (Å²) in [5.41, 5.74) is 0. The average molecular weight is 1230 g/mol. The predicted octanol–water partition coefficient (Wildman–Crippen LogP) is 2.63. The van der Waals surface area contributed by atoms with Gasteiger partial charge in [-0.1, -0.05) is 102 Å². The first-order valence-electron chi connectivity index (χ1n) is 31.2. The van der Waals surface area contributed by atoms with Crippen LogP contribution in [-0.4, -0.2) is 238 Å². The first kappa shape index (κ1) is 78.8. The summed E-state index contributed by atoms with van der Waals surface area (Å²) in [5.74, 6) is -10.2. The Hall–Kier alpha value is -6.17. The molecule has 12 atom stereocenters. The lowest BCUT2D eigenvalue weighted by Gasteiger charge is -2.41. The van der Waals surface area contributed by atoms with Gasteiger partial charge in [0.05, 0.1) is 12.6 Å². The molecule has 1 fully saturated rings. The molecule has 87 heavy (non-hydrogen) atoms. The van der Waals surface area contributed by atoms with Gasteiger partial charge in [-0.25, -0.2) is 0 Å². The largest absolute Gasteiger partial charge is 0.396 e. The van der Waals surface area contributed by atoms with Gasteiger partial charge in [-0.2, -0.15) is 0 Å². The minimum atomic E-state index is -1.67. The third kappa shape index (κ3) is 22.7. The van der Waals surface area contributed by atoms with Crippen LogP contribution >= 0.6 is 0 Å². The Balaban J connectivity index is 4.39. The van der Waals surface area contributed by atoms with Gasteiger partial charge in [-0.05, 0) is 107 Å². The number of aliphatic hydroxyl groups is 2. The highest BCUT2D eigenvalue weighted by molar-refractivity contribution is 5.99. The van der Waals surface area contributed by atoms with Gasteiger partial charge in [0.1, 0.15) is 60.4 Å². The maximum Gasteiger partial charge on any atom is 0.246 e. The summed E-state index contributed by atoms with van der Waals surface area (Å²) in [6, 6.07) is -12.7. The van der Waals surface area contributed by atoms with E-state index in [-0.39, 0.29) is 75.2 Å². The molecule has 498 valence electrons. The van der Waals surface area contributed by atoms with Crippen LogP contribution in [0.3, 0.4) is 0 Å². The topological polar surface area (TPSA) is 299 Å². The lowest BCUT2D eigenvalue weighted by Crippen LogP contribution is -2.63. The number of aliphatic hydroxyl groups excluding tert-OH is 2. The van der Waals surface area contributed by atoms with Crippen molar-refractivity contribution in [1.82, 2.24) is 55.6 Å². The van der Waals surface area contributed by atoms with Crippen molar-refractivity contribution in [3.05, 3.63) is 12.2 Å². The van der Waals surface area contributed by atoms with Crippen molar-refractivity contribution in [2.75, 3.05) is 62.5 Å². The van der Waals surface area contributed by atoms with Crippen molar-refractivity contribution in [1.29, 1.82) is 0 Å². The second-order valence-electron chi connectivity index (χ2n) is 26.6. The number of allylic oxidation sites excluding steroid dienone is 2. The van der Waals surface area contributed by atoms with Crippen LogP contribution in [0.2, 0.25) is 0 Å². The number of likely N-dealkylation sites (N-methyl/N-ethyl adjacent to an activating group) is 7. The standard InChI is InChI=1S/C63H113N11O13/c1-24-25-27-41(14)53(77)52-57(81)66-44(28-26-29-75)59(83)68(17)34-49(76)69(18)45(30-35(2)3)56(80)67-50(39(10)11)62(86)70(19)46(31-36(4)5)55(79)64-42(15)54(78)65-43(16)58(82)71(20)47(32-37(6)7)60(84)72(21)48(33-38(8)9)61(85)73(22)51(40(12)13)63(87)74(52)23/h24-25,35-48,50-53,75,77H,26-34H2,1-23H3,(H,64,79)(H,65,78)(H,66,81)(H,67,80)/b25-24+/t41-,42+,43-,44+,45+,46+,47+,48+,50+,51+,52+,53-/m1/s1. The van der Waals surface area contributed by atoms with Gasteiger partial charge in [-0.15, -0.1) is 0 Å². The molecule has 0 saturated carbocycles. The second-order valence-corrected chi connectivity index (χ2v) is 26.6. The molecule has 0 aromatic heterocycles. The molecular weight excluding hydrogens is 1120 g/mol. The number of carbonyl (C=O) groups is 11. The number of hydrogen-bond donors (Lipinski definition) is 6. The number of nitrogens with one attached hydrogen (secondary N) is 4. The van der Waals surface area contributed by atoms with E-state index in [4.69, 9.17) is 0 Å². The summed E-state index contributed by atoms with van der Waals surface area (Å²) in [5, 5.41) is 33.1. The molecule has 0 spiro atoms. The first-order valence-corrected chi connectivity index (χ1v) is 31.2. The summed E-state index contributed by atoms with van der Waals surface area (Å²) in [6.45, 7) is 27.1. The van der Waals surface area contributed by atoms with E-state index in [1.54, 1.807) is 53.7 Å². The highest BCUT2D eigenvalue weighted by atomic mass is 16.3. The molecule has 24 nitrogen and oxygen atoms in total. The van der Waals surface area contributed by atoms with Gasteiger partial charge in [-0.3, -0.25) is 52.7 Å². The molecule has 0 bridgehead atoms. The van der Waals surface area contributed by atoms with Crippen molar-refractivity contribution >= 4 is 65.0 Å². The van der Waals surface area contributed by atoms with Crippen molar-refractivity contribution < 1.29 is 63.0 Å². The number of carbonyl (C=O) groups excluding carboxylic acids is 11. The molecule has 24 heteroatoms. The van der Waals surface area contributed by atoms with Gasteiger partial charge < -0.3 is 65.8 Å². The van der Waals surface area contributed by atoms with Crippen LogP contribution in [0.25, 0.3) is 0 Å². The monoisotopic (exact) mass is 1230 g/mol. The van der Waals surface area contributed by atoms with Crippen molar-refractivity contribution in [2.24, 2.45) is 41.4 Å². The summed E-state index contributed by atoms with van der Waals surface area (Å²) < 4.78 is 0. The van der Waals surface area contributed by atoms with E-state index >= 15 is 9.59 Å². The lowest BCUT2D eigenvalue weighted by atomic mass is 9.91. The fraction of sp³-hybridized carbons (Fsp3) is 0.794. The SMILES string of the molecule is C/C=C/C[C@@H](C)[C@@H](O)[C@H]1C(=O)N[C@@H](CCCO)C(=O)N(C)CC(=O)N(C)[C@@H](CC(C)C)C(=O)N[C@@H](C(C)C)C(=O)N(C)[C@@H](CC(C)C)C(=O)N[C@@H](C)C(=O)N[C@H](C)C(=O)N(C)[C@@H](CC(C)C)C(=O)N(C)[C@@H](CC(C)C)C(=O)N(C)[C@@H](C(C)C)C(=O)N1C. The third-order valence-electron chi connectivity index (χ3n) is 16.3. The highest BCUT2D eigenvalue weighted by Crippen LogP contribution is 2.26. The van der Waals surface area contributed by atoms with E-state index in [1.165, 1.54) is 87.7 Å². The smallest absolute Gasteiger partial charge is 0.246 e. The molecular formula is C63H113N11O13. The van der Waals surface area contributed by atoms with Crippen LogP contribution in [0, 0.1) is 41.4 Å². The van der Waals surface area contributed by atoms with Gasteiger partial charge in [0.2, 0.25) is 65.0 Å². The Bertz CT molecular complexity index is 2360. The van der Waals surface area contributed by atoms with E-state index in [1.807, 2.05) is 55.4 Å². The summed E-state index contributed by atoms with van der Waals surface area (Å²) in [4.78, 5) is 169. The molecule has 0 aliphatic carbocycles. The van der Waals surface area contributed by atoms with E-state index in [2.05, 4.69) is 21.3 Å². The zero-order chi connectivity index (χ0) is 67.4. The van der Waals surface area contributed by atoms with E-state index in [9.17, 15) is 53.4 Å². The maximum atomic E-state index is 15.2. The van der Waals surface area contributed by atoms with Crippen molar-refractivity contribution in [3.63, 3.8) is 0 Å². The normalized spacial score (nSPS) is 26.6. The van der Waals surface area contributed by atoms with Crippen LogP contribution in [0.5, 0.6) is 0 Å². The van der Waals surface area contributed by atoms with Crippen LogP contribution in [0.1, 0.15) is 156 Å². The predicted molar refractivity (Wildman–Crippen MR) is 334 cm³/mol. The second kappa shape index (κ2) is 36.3. The van der Waals surface area contributed by atoms with E-state index < -0.39 is 156 Å². The van der Waals surface area contributed by atoms with Crippen LogP contribution in [0.4, 0.5) is 0 Å². The Labute approximate surface area is 520 Å².